The number of anilines is 1. The van der Waals surface area contributed by atoms with Gasteiger partial charge in [0.15, 0.2) is 0 Å². The maximum absolute atomic E-state index is 5.67. The monoisotopic (exact) mass is 276 g/mol. The molecule has 2 rings (SSSR count). The highest BCUT2D eigenvalue weighted by atomic mass is 16.5. The molecule has 2 aromatic rings. The van der Waals surface area contributed by atoms with E-state index in [9.17, 15) is 0 Å². The zero-order valence-corrected chi connectivity index (χ0v) is 12.3. The SMILES string of the molecule is CCCc1nc(NCC)c(C)c(Oc2ncn(C)n2)n1. The molecule has 0 fully saturated rings. The fourth-order valence-electron chi connectivity index (χ4n) is 1.77. The highest BCUT2D eigenvalue weighted by molar-refractivity contribution is 5.49. The van der Waals surface area contributed by atoms with Gasteiger partial charge < -0.3 is 10.1 Å². The molecule has 0 amide bonds. The topological polar surface area (TPSA) is 77.8 Å². The van der Waals surface area contributed by atoms with Crippen molar-refractivity contribution in [2.24, 2.45) is 7.05 Å². The quantitative estimate of drug-likeness (QED) is 0.870. The Morgan fingerprint density at radius 3 is 2.70 bits per heavy atom. The molecule has 108 valence electrons. The van der Waals surface area contributed by atoms with Gasteiger partial charge in [-0.05, 0) is 20.3 Å². The van der Waals surface area contributed by atoms with Crippen LogP contribution in [-0.4, -0.2) is 31.3 Å². The third-order valence-corrected chi connectivity index (χ3v) is 2.73. The summed E-state index contributed by atoms with van der Waals surface area (Å²) in [5.41, 5.74) is 0.860. The molecule has 0 saturated carbocycles. The van der Waals surface area contributed by atoms with Gasteiger partial charge in [-0.3, -0.25) is 4.68 Å². The van der Waals surface area contributed by atoms with Crippen molar-refractivity contribution in [2.45, 2.75) is 33.6 Å². The Labute approximate surface area is 118 Å². The molecule has 0 spiro atoms. The van der Waals surface area contributed by atoms with Crippen LogP contribution in [0.25, 0.3) is 0 Å². The minimum atomic E-state index is 0.291. The Balaban J connectivity index is 2.33. The van der Waals surface area contributed by atoms with E-state index in [1.807, 2.05) is 13.8 Å². The zero-order chi connectivity index (χ0) is 14.5. The van der Waals surface area contributed by atoms with Gasteiger partial charge in [-0.1, -0.05) is 6.92 Å². The second kappa shape index (κ2) is 6.31. The maximum Gasteiger partial charge on any atom is 0.342 e. The third kappa shape index (κ3) is 3.23. The van der Waals surface area contributed by atoms with Gasteiger partial charge in [0.2, 0.25) is 5.88 Å². The summed E-state index contributed by atoms with van der Waals surface area (Å²) < 4.78 is 7.26. The van der Waals surface area contributed by atoms with Crippen LogP contribution < -0.4 is 10.1 Å². The first-order valence-electron chi connectivity index (χ1n) is 6.78. The molecular formula is C13H20N6O. The van der Waals surface area contributed by atoms with E-state index in [1.165, 1.54) is 0 Å². The molecule has 7 nitrogen and oxygen atoms in total. The second-order valence-electron chi connectivity index (χ2n) is 4.50. The van der Waals surface area contributed by atoms with Crippen LogP contribution in [0.1, 0.15) is 31.7 Å². The van der Waals surface area contributed by atoms with Crippen molar-refractivity contribution in [3.63, 3.8) is 0 Å². The summed E-state index contributed by atoms with van der Waals surface area (Å²) in [7, 11) is 1.79. The van der Waals surface area contributed by atoms with Crippen molar-refractivity contribution < 1.29 is 4.74 Å². The lowest BCUT2D eigenvalue weighted by atomic mass is 10.3. The highest BCUT2D eigenvalue weighted by Crippen LogP contribution is 2.25. The van der Waals surface area contributed by atoms with E-state index in [4.69, 9.17) is 4.74 Å². The molecule has 20 heavy (non-hydrogen) atoms. The highest BCUT2D eigenvalue weighted by Gasteiger charge is 2.13. The van der Waals surface area contributed by atoms with Crippen LogP contribution in [0.2, 0.25) is 0 Å². The van der Waals surface area contributed by atoms with Crippen molar-refractivity contribution in [1.29, 1.82) is 0 Å². The van der Waals surface area contributed by atoms with Gasteiger partial charge >= 0.3 is 6.01 Å². The summed E-state index contributed by atoms with van der Waals surface area (Å²) in [4.78, 5) is 13.0. The van der Waals surface area contributed by atoms with Crippen LogP contribution in [0.5, 0.6) is 11.9 Å². The van der Waals surface area contributed by atoms with Crippen molar-refractivity contribution in [3.8, 4) is 11.9 Å². The van der Waals surface area contributed by atoms with Crippen LogP contribution in [0.3, 0.4) is 0 Å². The zero-order valence-electron chi connectivity index (χ0n) is 12.3. The van der Waals surface area contributed by atoms with Crippen LogP contribution in [0.15, 0.2) is 6.33 Å². The lowest BCUT2D eigenvalue weighted by molar-refractivity contribution is 0.416. The van der Waals surface area contributed by atoms with Gasteiger partial charge in [0.05, 0.1) is 5.56 Å². The molecule has 0 saturated heterocycles. The normalized spacial score (nSPS) is 10.6. The molecule has 0 aliphatic carbocycles. The Morgan fingerprint density at radius 1 is 1.30 bits per heavy atom. The number of hydrogen-bond acceptors (Lipinski definition) is 6. The van der Waals surface area contributed by atoms with Gasteiger partial charge in [-0.15, -0.1) is 5.10 Å². The number of aryl methyl sites for hydroxylation is 2. The summed E-state index contributed by atoms with van der Waals surface area (Å²) in [6, 6.07) is 0.291. The molecule has 7 heteroatoms. The number of ether oxygens (including phenoxy) is 1. The summed E-state index contributed by atoms with van der Waals surface area (Å²) >= 11 is 0. The molecule has 2 aromatic heterocycles. The number of nitrogens with one attached hydrogen (secondary N) is 1. The minimum Gasteiger partial charge on any atom is -0.404 e. The first-order chi connectivity index (χ1) is 9.63. The van der Waals surface area contributed by atoms with E-state index < -0.39 is 0 Å². The first kappa shape index (κ1) is 14.2. The Morgan fingerprint density at radius 2 is 2.10 bits per heavy atom. The first-order valence-corrected chi connectivity index (χ1v) is 6.78. The molecule has 0 aliphatic rings. The fraction of sp³-hybridized carbons (Fsp3) is 0.538. The Bertz CT molecular complexity index is 580. The summed E-state index contributed by atoms with van der Waals surface area (Å²) in [5, 5.41) is 7.33. The Kier molecular flexibility index (Phi) is 4.49. The molecule has 0 bridgehead atoms. The second-order valence-corrected chi connectivity index (χ2v) is 4.50. The average molecular weight is 276 g/mol. The minimum absolute atomic E-state index is 0.291. The van der Waals surface area contributed by atoms with Gasteiger partial charge in [0.1, 0.15) is 18.0 Å². The fourth-order valence-corrected chi connectivity index (χ4v) is 1.77. The van der Waals surface area contributed by atoms with Crippen LogP contribution >= 0.6 is 0 Å². The molecule has 0 radical (unpaired) electrons. The van der Waals surface area contributed by atoms with E-state index in [1.54, 1.807) is 18.1 Å². The molecule has 0 aromatic carbocycles. The van der Waals surface area contributed by atoms with Gasteiger partial charge in [-0.2, -0.15) is 9.97 Å². The number of aromatic nitrogens is 5. The van der Waals surface area contributed by atoms with E-state index >= 15 is 0 Å². The van der Waals surface area contributed by atoms with Crippen LogP contribution in [0, 0.1) is 6.92 Å². The lowest BCUT2D eigenvalue weighted by Crippen LogP contribution is -2.08. The van der Waals surface area contributed by atoms with Gasteiger partial charge in [-0.25, -0.2) is 4.98 Å². The molecular weight excluding hydrogens is 256 g/mol. The molecule has 0 unspecified atom stereocenters. The third-order valence-electron chi connectivity index (χ3n) is 2.73. The number of hydrogen-bond donors (Lipinski definition) is 1. The van der Waals surface area contributed by atoms with E-state index in [-0.39, 0.29) is 0 Å². The molecule has 0 aliphatic heterocycles. The number of nitrogens with zero attached hydrogens (tertiary/aromatic N) is 5. The van der Waals surface area contributed by atoms with E-state index in [0.717, 1.165) is 36.6 Å². The maximum atomic E-state index is 5.67. The molecule has 2 heterocycles. The Hall–Kier alpha value is -2.18. The summed E-state index contributed by atoms with van der Waals surface area (Å²) in [5.74, 6) is 2.07. The smallest absolute Gasteiger partial charge is 0.342 e. The van der Waals surface area contributed by atoms with Crippen molar-refractivity contribution >= 4 is 5.82 Å². The number of rotatable bonds is 6. The summed E-state index contributed by atoms with van der Waals surface area (Å²) in [6.07, 6.45) is 3.38. The van der Waals surface area contributed by atoms with Crippen molar-refractivity contribution in [2.75, 3.05) is 11.9 Å². The molecule has 0 atom stereocenters. The van der Waals surface area contributed by atoms with Gasteiger partial charge in [0.25, 0.3) is 0 Å². The predicted molar refractivity (Wildman–Crippen MR) is 76.0 cm³/mol. The largest absolute Gasteiger partial charge is 0.404 e. The lowest BCUT2D eigenvalue weighted by Gasteiger charge is -2.12. The van der Waals surface area contributed by atoms with E-state index in [0.29, 0.717) is 11.9 Å². The predicted octanol–water partition coefficient (Wildman–Crippen LogP) is 2.09. The average Bonchev–Trinajstić information content (AvgIpc) is 2.81. The van der Waals surface area contributed by atoms with Crippen LogP contribution in [-0.2, 0) is 13.5 Å². The van der Waals surface area contributed by atoms with E-state index in [2.05, 4.69) is 32.3 Å². The van der Waals surface area contributed by atoms with Crippen molar-refractivity contribution in [3.05, 3.63) is 17.7 Å². The van der Waals surface area contributed by atoms with Gasteiger partial charge in [0, 0.05) is 20.0 Å². The van der Waals surface area contributed by atoms with Crippen LogP contribution in [0.4, 0.5) is 5.82 Å². The molecule has 1 N–H and O–H groups in total. The standard InChI is InChI=1S/C13H20N6O/c1-5-7-10-16-11(14-6-2)9(3)12(17-10)20-13-15-8-19(4)18-13/h8H,5-7H2,1-4H3,(H,14,16,17). The summed E-state index contributed by atoms with van der Waals surface area (Å²) in [6.45, 7) is 6.84. The van der Waals surface area contributed by atoms with Crippen molar-refractivity contribution in [1.82, 2.24) is 24.7 Å².